The third kappa shape index (κ3) is 2.96. The lowest BCUT2D eigenvalue weighted by Gasteiger charge is -2.23. The predicted octanol–water partition coefficient (Wildman–Crippen LogP) is 2.77. The van der Waals surface area contributed by atoms with Crippen molar-refractivity contribution in [2.24, 2.45) is 5.73 Å². The summed E-state index contributed by atoms with van der Waals surface area (Å²) in [4.78, 5) is 36.5. The lowest BCUT2D eigenvalue weighted by Crippen LogP contribution is -2.24. The summed E-state index contributed by atoms with van der Waals surface area (Å²) in [6.45, 7) is 0. The maximum Gasteiger partial charge on any atom is 0.327 e. The first-order valence-corrected chi connectivity index (χ1v) is 9.47. The van der Waals surface area contributed by atoms with Gasteiger partial charge in [-0.15, -0.1) is 0 Å². The first kappa shape index (κ1) is 16.3. The maximum atomic E-state index is 12.6. The van der Waals surface area contributed by atoms with Gasteiger partial charge in [0, 0.05) is 12.0 Å². The Balaban J connectivity index is 1.87. The topological polar surface area (TPSA) is 107 Å². The number of imidazole rings is 1. The van der Waals surface area contributed by atoms with Gasteiger partial charge in [-0.25, -0.2) is 14.8 Å². The van der Waals surface area contributed by atoms with Gasteiger partial charge in [0.1, 0.15) is 11.3 Å². The molecule has 0 bridgehead atoms. The van der Waals surface area contributed by atoms with Crippen LogP contribution in [0, 0.1) is 0 Å². The standard InChI is InChI=1S/C18H25N5O2/c19-15(24)13-14-17(22-16(20-13)11-7-3-1-4-8-11)23(18(25)21-14)12-9-5-2-6-10-12/h11-12H,1-10H2,(H2,19,24)(H,21,25). The van der Waals surface area contributed by atoms with Crippen LogP contribution < -0.4 is 11.4 Å². The summed E-state index contributed by atoms with van der Waals surface area (Å²) in [7, 11) is 0. The fourth-order valence-electron chi connectivity index (χ4n) is 4.42. The van der Waals surface area contributed by atoms with Crippen LogP contribution in [0.2, 0.25) is 0 Å². The van der Waals surface area contributed by atoms with Crippen molar-refractivity contribution < 1.29 is 4.79 Å². The molecule has 0 unspecified atom stereocenters. The molecule has 7 heteroatoms. The Morgan fingerprint density at radius 3 is 2.28 bits per heavy atom. The van der Waals surface area contributed by atoms with Crippen LogP contribution in [0.25, 0.3) is 11.2 Å². The quantitative estimate of drug-likeness (QED) is 0.893. The molecule has 0 spiro atoms. The van der Waals surface area contributed by atoms with Crippen molar-refractivity contribution in [2.45, 2.75) is 76.2 Å². The van der Waals surface area contributed by atoms with Crippen LogP contribution in [0.3, 0.4) is 0 Å². The molecule has 2 heterocycles. The van der Waals surface area contributed by atoms with Gasteiger partial charge in [-0.05, 0) is 25.7 Å². The van der Waals surface area contributed by atoms with Crippen molar-refractivity contribution >= 4 is 17.1 Å². The summed E-state index contributed by atoms with van der Waals surface area (Å²) < 4.78 is 1.74. The van der Waals surface area contributed by atoms with Crippen LogP contribution in [0.15, 0.2) is 4.79 Å². The molecule has 0 aliphatic heterocycles. The van der Waals surface area contributed by atoms with E-state index in [0.29, 0.717) is 17.0 Å². The highest BCUT2D eigenvalue weighted by molar-refractivity contribution is 6.01. The minimum Gasteiger partial charge on any atom is -0.364 e. The second-order valence-electron chi connectivity index (χ2n) is 7.42. The molecule has 134 valence electrons. The van der Waals surface area contributed by atoms with Gasteiger partial charge in [0.05, 0.1) is 0 Å². The molecule has 25 heavy (non-hydrogen) atoms. The first-order valence-electron chi connectivity index (χ1n) is 9.47. The van der Waals surface area contributed by atoms with Gasteiger partial charge < -0.3 is 10.7 Å². The molecule has 0 saturated heterocycles. The second-order valence-corrected chi connectivity index (χ2v) is 7.42. The molecule has 0 aromatic carbocycles. The predicted molar refractivity (Wildman–Crippen MR) is 94.6 cm³/mol. The molecule has 2 aliphatic carbocycles. The van der Waals surface area contributed by atoms with E-state index in [0.717, 1.165) is 51.4 Å². The zero-order valence-corrected chi connectivity index (χ0v) is 14.5. The van der Waals surface area contributed by atoms with Crippen molar-refractivity contribution in [2.75, 3.05) is 0 Å². The van der Waals surface area contributed by atoms with E-state index in [-0.39, 0.29) is 23.3 Å². The van der Waals surface area contributed by atoms with Crippen molar-refractivity contribution in [3.8, 4) is 0 Å². The summed E-state index contributed by atoms with van der Waals surface area (Å²) in [6.07, 6.45) is 11.0. The number of hydrogen-bond donors (Lipinski definition) is 2. The number of nitrogens with zero attached hydrogens (tertiary/aromatic N) is 3. The van der Waals surface area contributed by atoms with E-state index in [4.69, 9.17) is 10.7 Å². The lowest BCUT2D eigenvalue weighted by molar-refractivity contribution is 0.0996. The number of rotatable bonds is 3. The van der Waals surface area contributed by atoms with Gasteiger partial charge in [-0.1, -0.05) is 38.5 Å². The van der Waals surface area contributed by atoms with Crippen LogP contribution in [-0.2, 0) is 0 Å². The fourth-order valence-corrected chi connectivity index (χ4v) is 4.42. The van der Waals surface area contributed by atoms with Crippen molar-refractivity contribution in [1.82, 2.24) is 19.5 Å². The van der Waals surface area contributed by atoms with Gasteiger partial charge in [-0.3, -0.25) is 9.36 Å². The van der Waals surface area contributed by atoms with Gasteiger partial charge in [0.25, 0.3) is 5.91 Å². The van der Waals surface area contributed by atoms with Gasteiger partial charge in [0.15, 0.2) is 11.3 Å². The number of nitrogens with one attached hydrogen (secondary N) is 1. The molecule has 7 nitrogen and oxygen atoms in total. The Hall–Kier alpha value is -2.18. The largest absolute Gasteiger partial charge is 0.364 e. The van der Waals surface area contributed by atoms with Gasteiger partial charge >= 0.3 is 5.69 Å². The van der Waals surface area contributed by atoms with Crippen molar-refractivity contribution in [3.05, 3.63) is 22.0 Å². The van der Waals surface area contributed by atoms with Gasteiger partial charge in [-0.2, -0.15) is 0 Å². The van der Waals surface area contributed by atoms with Crippen LogP contribution in [0.5, 0.6) is 0 Å². The molecular weight excluding hydrogens is 318 g/mol. The Morgan fingerprint density at radius 1 is 1.00 bits per heavy atom. The number of aromatic amines is 1. The minimum atomic E-state index is -0.610. The van der Waals surface area contributed by atoms with E-state index >= 15 is 0 Å². The van der Waals surface area contributed by atoms with Crippen LogP contribution in [0.1, 0.15) is 92.5 Å². The highest BCUT2D eigenvalue weighted by atomic mass is 16.2. The Kier molecular flexibility index (Phi) is 4.31. The van der Waals surface area contributed by atoms with Crippen molar-refractivity contribution in [1.29, 1.82) is 0 Å². The average Bonchev–Trinajstić information content (AvgIpc) is 2.98. The van der Waals surface area contributed by atoms with E-state index in [1.54, 1.807) is 4.57 Å². The molecule has 2 fully saturated rings. The number of carbonyl (C=O) groups is 1. The first-order chi connectivity index (χ1) is 12.1. The van der Waals surface area contributed by atoms with E-state index in [2.05, 4.69) is 9.97 Å². The molecule has 0 radical (unpaired) electrons. The van der Waals surface area contributed by atoms with Crippen LogP contribution >= 0.6 is 0 Å². The molecule has 2 aromatic heterocycles. The fraction of sp³-hybridized carbons (Fsp3) is 0.667. The van der Waals surface area contributed by atoms with Crippen LogP contribution in [-0.4, -0.2) is 25.4 Å². The highest BCUT2D eigenvalue weighted by Crippen LogP contribution is 2.33. The number of carbonyl (C=O) groups excluding carboxylic acids is 1. The highest BCUT2D eigenvalue weighted by Gasteiger charge is 2.27. The third-order valence-electron chi connectivity index (χ3n) is 5.73. The number of amides is 1. The monoisotopic (exact) mass is 343 g/mol. The summed E-state index contributed by atoms with van der Waals surface area (Å²) in [6, 6.07) is 0.143. The lowest BCUT2D eigenvalue weighted by atomic mass is 9.88. The summed E-state index contributed by atoms with van der Waals surface area (Å²) >= 11 is 0. The second kappa shape index (κ2) is 6.61. The third-order valence-corrected chi connectivity index (χ3v) is 5.73. The molecular formula is C18H25N5O2. The normalized spacial score (nSPS) is 20.2. The number of primary amides is 1. The zero-order chi connectivity index (χ0) is 17.4. The van der Waals surface area contributed by atoms with E-state index < -0.39 is 5.91 Å². The molecule has 0 atom stereocenters. The van der Waals surface area contributed by atoms with Gasteiger partial charge in [0.2, 0.25) is 0 Å². The Bertz CT molecular complexity index is 841. The van der Waals surface area contributed by atoms with E-state index in [9.17, 15) is 9.59 Å². The summed E-state index contributed by atoms with van der Waals surface area (Å²) in [5.74, 6) is 0.312. The molecule has 2 saturated carbocycles. The van der Waals surface area contributed by atoms with Crippen LogP contribution in [0.4, 0.5) is 0 Å². The smallest absolute Gasteiger partial charge is 0.327 e. The number of fused-ring (bicyclic) bond motifs is 1. The zero-order valence-electron chi connectivity index (χ0n) is 14.5. The maximum absolute atomic E-state index is 12.6. The summed E-state index contributed by atoms with van der Waals surface area (Å²) in [5, 5.41) is 0. The van der Waals surface area contributed by atoms with Crippen molar-refractivity contribution in [3.63, 3.8) is 0 Å². The SMILES string of the molecule is NC(=O)c1nc(C2CCCCC2)nc2c1[nH]c(=O)n2C1CCCCC1. The molecule has 4 rings (SSSR count). The number of nitrogens with two attached hydrogens (primary N) is 1. The summed E-state index contributed by atoms with van der Waals surface area (Å²) in [5.41, 5.74) is 6.45. The number of H-pyrrole nitrogens is 1. The minimum absolute atomic E-state index is 0.143. The van der Waals surface area contributed by atoms with E-state index in [1.807, 2.05) is 0 Å². The molecule has 2 aliphatic rings. The molecule has 2 aromatic rings. The molecule has 3 N–H and O–H groups in total. The Morgan fingerprint density at radius 2 is 1.64 bits per heavy atom. The average molecular weight is 343 g/mol. The molecule has 1 amide bonds. The number of aromatic nitrogens is 4. The number of hydrogen-bond acceptors (Lipinski definition) is 4. The van der Waals surface area contributed by atoms with E-state index in [1.165, 1.54) is 12.8 Å². The Labute approximate surface area is 146 Å².